The van der Waals surface area contributed by atoms with E-state index >= 15 is 0 Å². The summed E-state index contributed by atoms with van der Waals surface area (Å²) in [5, 5.41) is 0. The number of aryl methyl sites for hydroxylation is 2. The molecular formula is C16H17FO. The molecule has 0 aromatic heterocycles. The van der Waals surface area contributed by atoms with Crippen LogP contribution in [0.25, 0.3) is 11.1 Å². The maximum atomic E-state index is 13.5. The van der Waals surface area contributed by atoms with E-state index in [1.807, 2.05) is 6.92 Å². The van der Waals surface area contributed by atoms with E-state index in [1.165, 1.54) is 17.2 Å². The Labute approximate surface area is 107 Å². The normalized spacial score (nSPS) is 10.4. The summed E-state index contributed by atoms with van der Waals surface area (Å²) in [6.07, 6.45) is 0. The maximum absolute atomic E-state index is 13.5. The van der Waals surface area contributed by atoms with Crippen molar-refractivity contribution in [2.75, 3.05) is 6.61 Å². The number of rotatable bonds is 3. The number of halogens is 1. The van der Waals surface area contributed by atoms with Crippen LogP contribution in [0.5, 0.6) is 5.75 Å². The van der Waals surface area contributed by atoms with E-state index in [1.54, 1.807) is 12.1 Å². The van der Waals surface area contributed by atoms with Gasteiger partial charge in [0, 0.05) is 0 Å². The van der Waals surface area contributed by atoms with Crippen LogP contribution in [0.2, 0.25) is 0 Å². The largest absolute Gasteiger partial charge is 0.491 e. The van der Waals surface area contributed by atoms with Crippen LogP contribution in [-0.4, -0.2) is 6.61 Å². The molecule has 0 aliphatic heterocycles. The first kappa shape index (κ1) is 12.6. The number of hydrogen-bond donors (Lipinski definition) is 0. The zero-order valence-electron chi connectivity index (χ0n) is 11.0. The van der Waals surface area contributed by atoms with Gasteiger partial charge in [-0.25, -0.2) is 4.39 Å². The standard InChI is InChI=1S/C16H17FO/c1-4-18-16-10-13(7-8-15(16)17)14-9-11(2)5-6-12(14)3/h5-10H,4H2,1-3H3. The minimum Gasteiger partial charge on any atom is -0.491 e. The maximum Gasteiger partial charge on any atom is 0.165 e. The summed E-state index contributed by atoms with van der Waals surface area (Å²) in [5.41, 5.74) is 4.48. The summed E-state index contributed by atoms with van der Waals surface area (Å²) >= 11 is 0. The van der Waals surface area contributed by atoms with Crippen molar-refractivity contribution in [3.05, 3.63) is 53.3 Å². The molecule has 2 heteroatoms. The number of ether oxygens (including phenoxy) is 1. The molecule has 0 radical (unpaired) electrons. The Bertz CT molecular complexity index is 561. The molecule has 2 aromatic carbocycles. The molecule has 0 amide bonds. The van der Waals surface area contributed by atoms with Gasteiger partial charge in [0.15, 0.2) is 11.6 Å². The second-order valence-electron chi connectivity index (χ2n) is 4.40. The third-order valence-corrected chi connectivity index (χ3v) is 2.94. The van der Waals surface area contributed by atoms with Gasteiger partial charge in [0.1, 0.15) is 0 Å². The predicted molar refractivity (Wildman–Crippen MR) is 72.5 cm³/mol. The molecule has 18 heavy (non-hydrogen) atoms. The lowest BCUT2D eigenvalue weighted by Gasteiger charge is -2.10. The Kier molecular flexibility index (Phi) is 3.66. The van der Waals surface area contributed by atoms with E-state index in [-0.39, 0.29) is 5.82 Å². The Morgan fingerprint density at radius 1 is 1.06 bits per heavy atom. The Hall–Kier alpha value is -1.83. The molecule has 0 aliphatic carbocycles. The molecule has 0 atom stereocenters. The average molecular weight is 244 g/mol. The lowest BCUT2D eigenvalue weighted by molar-refractivity contribution is 0.322. The van der Waals surface area contributed by atoms with Gasteiger partial charge in [-0.05, 0) is 49.6 Å². The SMILES string of the molecule is CCOc1cc(-c2cc(C)ccc2C)ccc1F. The molecule has 0 N–H and O–H groups in total. The van der Waals surface area contributed by atoms with Gasteiger partial charge in [0.05, 0.1) is 6.61 Å². The van der Waals surface area contributed by atoms with Crippen LogP contribution in [0.15, 0.2) is 36.4 Å². The van der Waals surface area contributed by atoms with E-state index < -0.39 is 0 Å². The first-order valence-electron chi connectivity index (χ1n) is 6.11. The first-order chi connectivity index (χ1) is 8.61. The number of benzene rings is 2. The Morgan fingerprint density at radius 2 is 1.83 bits per heavy atom. The summed E-state index contributed by atoms with van der Waals surface area (Å²) < 4.78 is 18.8. The summed E-state index contributed by atoms with van der Waals surface area (Å²) in [6.45, 7) is 6.42. The van der Waals surface area contributed by atoms with Crippen molar-refractivity contribution in [1.82, 2.24) is 0 Å². The lowest BCUT2D eigenvalue weighted by atomic mass is 9.98. The topological polar surface area (TPSA) is 9.23 Å². The number of hydrogen-bond acceptors (Lipinski definition) is 1. The van der Waals surface area contributed by atoms with Crippen LogP contribution >= 0.6 is 0 Å². The molecular weight excluding hydrogens is 227 g/mol. The van der Waals surface area contributed by atoms with E-state index in [2.05, 4.69) is 32.0 Å². The van der Waals surface area contributed by atoms with Crippen molar-refractivity contribution in [2.45, 2.75) is 20.8 Å². The highest BCUT2D eigenvalue weighted by Crippen LogP contribution is 2.29. The fourth-order valence-electron chi connectivity index (χ4n) is 1.98. The third-order valence-electron chi connectivity index (χ3n) is 2.94. The van der Waals surface area contributed by atoms with Gasteiger partial charge in [0.2, 0.25) is 0 Å². The Morgan fingerprint density at radius 3 is 2.56 bits per heavy atom. The van der Waals surface area contributed by atoms with E-state index in [4.69, 9.17) is 4.74 Å². The lowest BCUT2D eigenvalue weighted by Crippen LogP contribution is -1.95. The first-order valence-corrected chi connectivity index (χ1v) is 6.11. The second-order valence-corrected chi connectivity index (χ2v) is 4.40. The quantitative estimate of drug-likeness (QED) is 0.772. The van der Waals surface area contributed by atoms with Crippen LogP contribution in [0.4, 0.5) is 4.39 Å². The molecule has 0 aliphatic rings. The summed E-state index contributed by atoms with van der Waals surface area (Å²) in [5.74, 6) is 0.00168. The smallest absolute Gasteiger partial charge is 0.165 e. The van der Waals surface area contributed by atoms with Gasteiger partial charge >= 0.3 is 0 Å². The van der Waals surface area contributed by atoms with Gasteiger partial charge in [-0.3, -0.25) is 0 Å². The van der Waals surface area contributed by atoms with Crippen molar-refractivity contribution >= 4 is 0 Å². The van der Waals surface area contributed by atoms with Crippen LogP contribution in [-0.2, 0) is 0 Å². The molecule has 2 aromatic rings. The third kappa shape index (κ3) is 2.53. The monoisotopic (exact) mass is 244 g/mol. The highest BCUT2D eigenvalue weighted by molar-refractivity contribution is 5.69. The summed E-state index contributed by atoms with van der Waals surface area (Å²) in [4.78, 5) is 0. The molecule has 94 valence electrons. The van der Waals surface area contributed by atoms with Crippen LogP contribution in [0.3, 0.4) is 0 Å². The van der Waals surface area contributed by atoms with Gasteiger partial charge in [0.25, 0.3) is 0 Å². The summed E-state index contributed by atoms with van der Waals surface area (Å²) in [7, 11) is 0. The van der Waals surface area contributed by atoms with Gasteiger partial charge in [-0.2, -0.15) is 0 Å². The molecule has 1 nitrogen and oxygen atoms in total. The molecule has 0 unspecified atom stereocenters. The van der Waals surface area contributed by atoms with E-state index in [0.29, 0.717) is 12.4 Å². The van der Waals surface area contributed by atoms with Crippen molar-refractivity contribution in [2.24, 2.45) is 0 Å². The molecule has 0 saturated carbocycles. The molecule has 0 fully saturated rings. The van der Waals surface area contributed by atoms with Gasteiger partial charge < -0.3 is 4.74 Å². The highest BCUT2D eigenvalue weighted by atomic mass is 19.1. The van der Waals surface area contributed by atoms with E-state index in [0.717, 1.165) is 11.1 Å². The molecule has 0 spiro atoms. The summed E-state index contributed by atoms with van der Waals surface area (Å²) in [6, 6.07) is 11.3. The molecule has 2 rings (SSSR count). The Balaban J connectivity index is 2.50. The van der Waals surface area contributed by atoms with Crippen molar-refractivity contribution in [3.63, 3.8) is 0 Å². The zero-order valence-corrected chi connectivity index (χ0v) is 11.0. The fourth-order valence-corrected chi connectivity index (χ4v) is 1.98. The second kappa shape index (κ2) is 5.21. The molecule has 0 saturated heterocycles. The van der Waals surface area contributed by atoms with Crippen LogP contribution in [0.1, 0.15) is 18.1 Å². The van der Waals surface area contributed by atoms with Crippen molar-refractivity contribution in [1.29, 1.82) is 0 Å². The van der Waals surface area contributed by atoms with Gasteiger partial charge in [-0.15, -0.1) is 0 Å². The van der Waals surface area contributed by atoms with E-state index in [9.17, 15) is 4.39 Å². The van der Waals surface area contributed by atoms with Crippen LogP contribution in [0, 0.1) is 19.7 Å². The zero-order chi connectivity index (χ0) is 13.1. The highest BCUT2D eigenvalue weighted by Gasteiger charge is 2.08. The minimum absolute atomic E-state index is 0.314. The van der Waals surface area contributed by atoms with Crippen molar-refractivity contribution < 1.29 is 9.13 Å². The van der Waals surface area contributed by atoms with Gasteiger partial charge in [-0.1, -0.05) is 29.8 Å². The molecule has 0 heterocycles. The van der Waals surface area contributed by atoms with Crippen molar-refractivity contribution in [3.8, 4) is 16.9 Å². The fraction of sp³-hybridized carbons (Fsp3) is 0.250. The average Bonchev–Trinajstić information content (AvgIpc) is 2.35. The molecule has 0 bridgehead atoms. The predicted octanol–water partition coefficient (Wildman–Crippen LogP) is 4.51. The minimum atomic E-state index is -0.314. The van der Waals surface area contributed by atoms with Crippen LogP contribution < -0.4 is 4.74 Å².